The SMILES string of the molecule is COC(=O)C(CN1CC2CCC(O)C2C1)NC(C)=O. The van der Waals surface area contributed by atoms with Gasteiger partial charge in [-0.05, 0) is 18.8 Å². The third-order valence-electron chi connectivity index (χ3n) is 4.20. The molecule has 1 aliphatic heterocycles. The minimum atomic E-state index is -0.626. The van der Waals surface area contributed by atoms with Crippen molar-refractivity contribution in [2.45, 2.75) is 31.9 Å². The average molecular weight is 270 g/mol. The zero-order valence-electron chi connectivity index (χ0n) is 11.5. The third kappa shape index (κ3) is 3.25. The van der Waals surface area contributed by atoms with Gasteiger partial charge in [0.05, 0.1) is 13.2 Å². The van der Waals surface area contributed by atoms with Crippen molar-refractivity contribution >= 4 is 11.9 Å². The molecule has 108 valence electrons. The normalized spacial score (nSPS) is 31.8. The van der Waals surface area contributed by atoms with Gasteiger partial charge in [-0.3, -0.25) is 4.79 Å². The van der Waals surface area contributed by atoms with Gasteiger partial charge in [0.15, 0.2) is 0 Å². The van der Waals surface area contributed by atoms with Crippen LogP contribution in [0.5, 0.6) is 0 Å². The zero-order valence-corrected chi connectivity index (χ0v) is 11.5. The molecule has 1 saturated heterocycles. The highest BCUT2D eigenvalue weighted by atomic mass is 16.5. The van der Waals surface area contributed by atoms with E-state index in [2.05, 4.69) is 10.2 Å². The molecule has 4 unspecified atom stereocenters. The van der Waals surface area contributed by atoms with Crippen molar-refractivity contribution in [3.8, 4) is 0 Å². The number of ether oxygens (including phenoxy) is 1. The van der Waals surface area contributed by atoms with E-state index in [-0.39, 0.29) is 12.0 Å². The Hall–Kier alpha value is -1.14. The van der Waals surface area contributed by atoms with Gasteiger partial charge in [-0.15, -0.1) is 0 Å². The first kappa shape index (κ1) is 14.3. The number of likely N-dealkylation sites (tertiary alicyclic amines) is 1. The smallest absolute Gasteiger partial charge is 0.329 e. The van der Waals surface area contributed by atoms with Gasteiger partial charge in [0, 0.05) is 32.5 Å². The number of carbonyl (C=O) groups excluding carboxylic acids is 2. The van der Waals surface area contributed by atoms with Crippen LogP contribution in [0.2, 0.25) is 0 Å². The van der Waals surface area contributed by atoms with Crippen LogP contribution in [-0.4, -0.2) is 60.8 Å². The van der Waals surface area contributed by atoms with E-state index in [9.17, 15) is 14.7 Å². The summed E-state index contributed by atoms with van der Waals surface area (Å²) in [6.45, 7) is 3.51. The van der Waals surface area contributed by atoms with Crippen molar-refractivity contribution in [2.75, 3.05) is 26.7 Å². The largest absolute Gasteiger partial charge is 0.467 e. The molecule has 6 heteroatoms. The van der Waals surface area contributed by atoms with Crippen LogP contribution in [0.3, 0.4) is 0 Å². The Morgan fingerprint density at radius 3 is 2.74 bits per heavy atom. The van der Waals surface area contributed by atoms with Crippen LogP contribution in [-0.2, 0) is 14.3 Å². The number of esters is 1. The van der Waals surface area contributed by atoms with Gasteiger partial charge in [0.25, 0.3) is 0 Å². The number of amides is 1. The number of aliphatic hydroxyl groups is 1. The molecule has 0 spiro atoms. The molecular weight excluding hydrogens is 248 g/mol. The summed E-state index contributed by atoms with van der Waals surface area (Å²) in [7, 11) is 1.32. The number of hydrogen-bond acceptors (Lipinski definition) is 5. The number of hydrogen-bond donors (Lipinski definition) is 2. The number of carbonyl (C=O) groups is 2. The fraction of sp³-hybridized carbons (Fsp3) is 0.846. The average Bonchev–Trinajstić information content (AvgIpc) is 2.89. The van der Waals surface area contributed by atoms with Crippen LogP contribution >= 0.6 is 0 Å². The number of methoxy groups -OCH3 is 1. The monoisotopic (exact) mass is 270 g/mol. The molecule has 1 aliphatic carbocycles. The van der Waals surface area contributed by atoms with E-state index in [4.69, 9.17) is 4.74 Å². The Morgan fingerprint density at radius 2 is 2.16 bits per heavy atom. The number of rotatable bonds is 4. The summed E-state index contributed by atoms with van der Waals surface area (Å²) in [4.78, 5) is 24.9. The van der Waals surface area contributed by atoms with Crippen molar-refractivity contribution in [2.24, 2.45) is 11.8 Å². The summed E-state index contributed by atoms with van der Waals surface area (Å²) >= 11 is 0. The molecule has 6 nitrogen and oxygen atoms in total. The van der Waals surface area contributed by atoms with Gasteiger partial charge in [0.2, 0.25) is 5.91 Å². The molecule has 0 aromatic carbocycles. The fourth-order valence-electron chi connectivity index (χ4n) is 3.30. The van der Waals surface area contributed by atoms with Crippen molar-refractivity contribution < 1.29 is 19.4 Å². The van der Waals surface area contributed by atoms with Gasteiger partial charge in [-0.2, -0.15) is 0 Å². The quantitative estimate of drug-likeness (QED) is 0.665. The van der Waals surface area contributed by atoms with Gasteiger partial charge >= 0.3 is 5.97 Å². The minimum absolute atomic E-state index is 0.215. The molecule has 0 radical (unpaired) electrons. The van der Waals surface area contributed by atoms with Gasteiger partial charge < -0.3 is 20.1 Å². The van der Waals surface area contributed by atoms with Crippen molar-refractivity contribution in [3.05, 3.63) is 0 Å². The molecule has 1 saturated carbocycles. The summed E-state index contributed by atoms with van der Waals surface area (Å²) in [6, 6.07) is -0.626. The van der Waals surface area contributed by atoms with Crippen LogP contribution < -0.4 is 5.32 Å². The van der Waals surface area contributed by atoms with Crippen LogP contribution in [0, 0.1) is 11.8 Å². The Morgan fingerprint density at radius 1 is 1.42 bits per heavy atom. The second kappa shape index (κ2) is 5.88. The number of nitrogens with one attached hydrogen (secondary N) is 1. The zero-order chi connectivity index (χ0) is 14.0. The second-order valence-electron chi connectivity index (χ2n) is 5.56. The Labute approximate surface area is 113 Å². The molecule has 0 aromatic rings. The first-order valence-corrected chi connectivity index (χ1v) is 6.76. The maximum Gasteiger partial charge on any atom is 0.329 e. The van der Waals surface area contributed by atoms with E-state index >= 15 is 0 Å². The van der Waals surface area contributed by atoms with E-state index in [1.165, 1.54) is 14.0 Å². The summed E-state index contributed by atoms with van der Waals surface area (Å²) in [5, 5.41) is 12.5. The first-order valence-electron chi connectivity index (χ1n) is 6.76. The second-order valence-corrected chi connectivity index (χ2v) is 5.56. The minimum Gasteiger partial charge on any atom is -0.467 e. The highest BCUT2D eigenvalue weighted by Crippen LogP contribution is 2.37. The molecule has 2 rings (SSSR count). The number of nitrogens with zero attached hydrogens (tertiary/aromatic N) is 1. The Bertz CT molecular complexity index is 361. The summed E-state index contributed by atoms with van der Waals surface area (Å²) < 4.78 is 4.71. The molecular formula is C13H22N2O4. The summed E-state index contributed by atoms with van der Waals surface area (Å²) in [5.41, 5.74) is 0. The van der Waals surface area contributed by atoms with Crippen LogP contribution in [0.15, 0.2) is 0 Å². The molecule has 19 heavy (non-hydrogen) atoms. The predicted molar refractivity (Wildman–Crippen MR) is 68.3 cm³/mol. The van der Waals surface area contributed by atoms with Crippen molar-refractivity contribution in [1.29, 1.82) is 0 Å². The molecule has 0 bridgehead atoms. The summed E-state index contributed by atoms with van der Waals surface area (Å²) in [6.07, 6.45) is 1.72. The lowest BCUT2D eigenvalue weighted by molar-refractivity contribution is -0.145. The van der Waals surface area contributed by atoms with E-state index in [0.717, 1.165) is 25.9 Å². The third-order valence-corrected chi connectivity index (χ3v) is 4.20. The molecule has 4 atom stereocenters. The van der Waals surface area contributed by atoms with Crippen molar-refractivity contribution in [1.82, 2.24) is 10.2 Å². The van der Waals surface area contributed by atoms with Crippen LogP contribution in [0.4, 0.5) is 0 Å². The highest BCUT2D eigenvalue weighted by Gasteiger charge is 2.42. The summed E-state index contributed by atoms with van der Waals surface area (Å²) in [5.74, 6) is 0.170. The predicted octanol–water partition coefficient (Wildman–Crippen LogP) is -0.633. The molecule has 2 aliphatic rings. The molecule has 2 N–H and O–H groups in total. The molecule has 1 amide bonds. The first-order chi connectivity index (χ1) is 9.01. The van der Waals surface area contributed by atoms with E-state index < -0.39 is 12.0 Å². The maximum atomic E-state index is 11.6. The van der Waals surface area contributed by atoms with Crippen LogP contribution in [0.1, 0.15) is 19.8 Å². The maximum absolute atomic E-state index is 11.6. The lowest BCUT2D eigenvalue weighted by Gasteiger charge is -2.23. The van der Waals surface area contributed by atoms with E-state index in [1.807, 2.05) is 0 Å². The van der Waals surface area contributed by atoms with Crippen LogP contribution in [0.25, 0.3) is 0 Å². The standard InChI is InChI=1S/C13H22N2O4/c1-8(16)14-11(13(18)19-2)7-15-5-9-3-4-12(17)10(9)6-15/h9-12,17H,3-7H2,1-2H3,(H,14,16). The Balaban J connectivity index is 1.91. The fourth-order valence-corrected chi connectivity index (χ4v) is 3.30. The molecule has 0 aromatic heterocycles. The van der Waals surface area contributed by atoms with E-state index in [1.54, 1.807) is 0 Å². The lowest BCUT2D eigenvalue weighted by atomic mass is 10.00. The lowest BCUT2D eigenvalue weighted by Crippen LogP contribution is -2.48. The Kier molecular flexibility index (Phi) is 4.42. The molecule has 2 fully saturated rings. The topological polar surface area (TPSA) is 78.9 Å². The van der Waals surface area contributed by atoms with Gasteiger partial charge in [0.1, 0.15) is 6.04 Å². The highest BCUT2D eigenvalue weighted by molar-refractivity contribution is 5.83. The number of aliphatic hydroxyl groups excluding tert-OH is 1. The molecule has 1 heterocycles. The van der Waals surface area contributed by atoms with Gasteiger partial charge in [-0.1, -0.05) is 0 Å². The van der Waals surface area contributed by atoms with Crippen molar-refractivity contribution in [3.63, 3.8) is 0 Å². The van der Waals surface area contributed by atoms with Gasteiger partial charge in [-0.25, -0.2) is 4.79 Å². The number of fused-ring (bicyclic) bond motifs is 1. The van der Waals surface area contributed by atoms with E-state index in [0.29, 0.717) is 18.4 Å².